The van der Waals surface area contributed by atoms with Gasteiger partial charge in [-0.25, -0.2) is 0 Å². The Morgan fingerprint density at radius 1 is 1.10 bits per heavy atom. The van der Waals surface area contributed by atoms with Gasteiger partial charge in [-0.15, -0.1) is 0 Å². The van der Waals surface area contributed by atoms with Gasteiger partial charge in [-0.2, -0.15) is 8.42 Å². The van der Waals surface area contributed by atoms with Crippen LogP contribution in [-0.4, -0.2) is 14.3 Å². The van der Waals surface area contributed by atoms with E-state index in [0.29, 0.717) is 5.56 Å². The summed E-state index contributed by atoms with van der Waals surface area (Å²) in [6, 6.07) is 14.7. The highest BCUT2D eigenvalue weighted by Crippen LogP contribution is 2.14. The van der Waals surface area contributed by atoms with Crippen LogP contribution in [0.5, 0.6) is 0 Å². The number of benzene rings is 2. The summed E-state index contributed by atoms with van der Waals surface area (Å²) in [6.45, 7) is 0. The minimum absolute atomic E-state index is 0.0193. The molecule has 2 aromatic carbocycles. The molecule has 20 heavy (non-hydrogen) atoms. The normalized spacial score (nSPS) is 12.2. The molecule has 5 nitrogen and oxygen atoms in total. The van der Waals surface area contributed by atoms with Crippen molar-refractivity contribution < 1.29 is 12.7 Å². The lowest BCUT2D eigenvalue weighted by atomic mass is 10.2. The molecule has 0 aliphatic carbocycles. The topological polar surface area (TPSA) is 81.8 Å². The molecule has 0 aliphatic heterocycles. The first-order chi connectivity index (χ1) is 9.49. The third-order valence-corrected chi connectivity index (χ3v) is 4.00. The predicted octanol–water partition coefficient (Wildman–Crippen LogP) is 2.47. The number of halogens is 1. The second-order valence-corrected chi connectivity index (χ2v) is 6.27. The molecule has 0 unspecified atom stereocenters. The fourth-order valence-electron chi connectivity index (χ4n) is 1.42. The summed E-state index contributed by atoms with van der Waals surface area (Å²) in [5.74, 6) is -0.0224. The van der Waals surface area contributed by atoms with Crippen LogP contribution in [-0.2, 0) is 14.4 Å². The number of amidine groups is 1. The van der Waals surface area contributed by atoms with Crippen LogP contribution in [0.1, 0.15) is 5.56 Å². The van der Waals surface area contributed by atoms with Gasteiger partial charge in [0.15, 0.2) is 5.84 Å². The van der Waals surface area contributed by atoms with Crippen molar-refractivity contribution in [3.8, 4) is 0 Å². The Morgan fingerprint density at radius 3 is 2.45 bits per heavy atom. The lowest BCUT2D eigenvalue weighted by Crippen LogP contribution is -2.15. The molecule has 2 rings (SSSR count). The van der Waals surface area contributed by atoms with Gasteiger partial charge >= 0.3 is 10.1 Å². The Bertz CT molecular complexity index is 730. The van der Waals surface area contributed by atoms with Crippen LogP contribution in [0.3, 0.4) is 0 Å². The molecule has 7 heteroatoms. The highest BCUT2D eigenvalue weighted by Gasteiger charge is 2.15. The van der Waals surface area contributed by atoms with Gasteiger partial charge in [-0.05, 0) is 29.4 Å². The van der Waals surface area contributed by atoms with E-state index < -0.39 is 10.1 Å². The monoisotopic (exact) mass is 354 g/mol. The molecule has 0 heterocycles. The van der Waals surface area contributed by atoms with Gasteiger partial charge in [-0.3, -0.25) is 4.28 Å². The van der Waals surface area contributed by atoms with Crippen LogP contribution in [0.15, 0.2) is 69.1 Å². The zero-order chi connectivity index (χ0) is 14.6. The molecule has 0 aliphatic rings. The lowest BCUT2D eigenvalue weighted by molar-refractivity contribution is 0.338. The minimum atomic E-state index is -3.95. The Hall–Kier alpha value is -1.86. The summed E-state index contributed by atoms with van der Waals surface area (Å²) in [4.78, 5) is 0.0193. The summed E-state index contributed by atoms with van der Waals surface area (Å²) < 4.78 is 29.1. The van der Waals surface area contributed by atoms with Crippen molar-refractivity contribution in [3.63, 3.8) is 0 Å². The van der Waals surface area contributed by atoms with Crippen molar-refractivity contribution >= 4 is 31.9 Å². The molecule has 0 saturated carbocycles. The molecule has 0 bridgehead atoms. The van der Waals surface area contributed by atoms with E-state index in [1.165, 1.54) is 12.1 Å². The standard InChI is InChI=1S/C13H11BrN2O3S/c14-11-6-4-5-10(9-11)13(15)16-19-20(17,18)12-7-2-1-3-8-12/h1-9H,(H2,15,16). The summed E-state index contributed by atoms with van der Waals surface area (Å²) >= 11 is 3.29. The third kappa shape index (κ3) is 3.58. The Kier molecular flexibility index (Phi) is 4.41. The van der Waals surface area contributed by atoms with E-state index >= 15 is 0 Å². The van der Waals surface area contributed by atoms with E-state index in [2.05, 4.69) is 25.4 Å². The number of nitrogens with two attached hydrogens (primary N) is 1. The van der Waals surface area contributed by atoms with Crippen molar-refractivity contribution in [1.29, 1.82) is 0 Å². The molecule has 2 N–H and O–H groups in total. The van der Waals surface area contributed by atoms with E-state index in [0.717, 1.165) is 4.47 Å². The molecule has 0 amide bonds. The summed E-state index contributed by atoms with van der Waals surface area (Å²) in [5.41, 5.74) is 6.25. The second kappa shape index (κ2) is 6.06. The fraction of sp³-hybridized carbons (Fsp3) is 0. The molecule has 0 radical (unpaired) electrons. The number of hydrogen-bond acceptors (Lipinski definition) is 4. The van der Waals surface area contributed by atoms with E-state index in [1.807, 2.05) is 6.07 Å². The van der Waals surface area contributed by atoms with Gasteiger partial charge in [0.1, 0.15) is 4.90 Å². The van der Waals surface area contributed by atoms with E-state index in [1.54, 1.807) is 36.4 Å². The molecular formula is C13H11BrN2O3S. The highest BCUT2D eigenvalue weighted by atomic mass is 79.9. The van der Waals surface area contributed by atoms with Crippen LogP contribution in [0.2, 0.25) is 0 Å². The van der Waals surface area contributed by atoms with Crippen LogP contribution >= 0.6 is 15.9 Å². The highest BCUT2D eigenvalue weighted by molar-refractivity contribution is 9.10. The molecule has 104 valence electrons. The summed E-state index contributed by atoms with van der Waals surface area (Å²) in [6.07, 6.45) is 0. The van der Waals surface area contributed by atoms with Gasteiger partial charge in [0.25, 0.3) is 0 Å². The lowest BCUT2D eigenvalue weighted by Gasteiger charge is -2.03. The van der Waals surface area contributed by atoms with Crippen molar-refractivity contribution in [3.05, 3.63) is 64.6 Å². The maximum atomic E-state index is 11.8. The third-order valence-electron chi connectivity index (χ3n) is 2.39. The zero-order valence-corrected chi connectivity index (χ0v) is 12.6. The van der Waals surface area contributed by atoms with Crippen LogP contribution in [0.4, 0.5) is 0 Å². The first-order valence-corrected chi connectivity index (χ1v) is 7.77. The largest absolute Gasteiger partial charge is 0.380 e. The Labute approximate surface area is 125 Å². The van der Waals surface area contributed by atoms with Crippen molar-refractivity contribution in [2.75, 3.05) is 0 Å². The Morgan fingerprint density at radius 2 is 1.80 bits per heavy atom. The molecule has 0 atom stereocenters. The number of rotatable bonds is 4. The summed E-state index contributed by atoms with van der Waals surface area (Å²) in [7, 11) is -3.95. The van der Waals surface area contributed by atoms with Gasteiger partial charge in [0.05, 0.1) is 0 Å². The minimum Gasteiger partial charge on any atom is -0.380 e. The maximum Gasteiger partial charge on any atom is 0.358 e. The Balaban J connectivity index is 2.21. The number of hydrogen-bond donors (Lipinski definition) is 1. The molecular weight excluding hydrogens is 344 g/mol. The van der Waals surface area contributed by atoms with Gasteiger partial charge < -0.3 is 5.73 Å². The quantitative estimate of drug-likeness (QED) is 0.519. The average molecular weight is 355 g/mol. The smallest absolute Gasteiger partial charge is 0.358 e. The molecule has 0 aromatic heterocycles. The van der Waals surface area contributed by atoms with Crippen LogP contribution < -0.4 is 5.73 Å². The van der Waals surface area contributed by atoms with E-state index in [4.69, 9.17) is 5.73 Å². The average Bonchev–Trinajstić information content (AvgIpc) is 2.46. The van der Waals surface area contributed by atoms with Crippen LogP contribution in [0.25, 0.3) is 0 Å². The van der Waals surface area contributed by atoms with E-state index in [9.17, 15) is 8.42 Å². The zero-order valence-electron chi connectivity index (χ0n) is 10.2. The van der Waals surface area contributed by atoms with Gasteiger partial charge in [0, 0.05) is 10.0 Å². The number of oxime groups is 1. The predicted molar refractivity (Wildman–Crippen MR) is 79.6 cm³/mol. The van der Waals surface area contributed by atoms with Crippen molar-refractivity contribution in [2.24, 2.45) is 10.9 Å². The molecule has 0 spiro atoms. The molecule has 0 fully saturated rings. The fourth-order valence-corrected chi connectivity index (χ4v) is 2.57. The van der Waals surface area contributed by atoms with Crippen molar-refractivity contribution in [1.82, 2.24) is 0 Å². The number of nitrogens with zero attached hydrogens (tertiary/aromatic N) is 1. The molecule has 0 saturated heterocycles. The molecule has 2 aromatic rings. The SMILES string of the molecule is NC(=NOS(=O)(=O)c1ccccc1)c1cccc(Br)c1. The maximum absolute atomic E-state index is 11.8. The van der Waals surface area contributed by atoms with Gasteiger partial charge in [-0.1, -0.05) is 46.3 Å². The van der Waals surface area contributed by atoms with Crippen molar-refractivity contribution in [2.45, 2.75) is 4.90 Å². The van der Waals surface area contributed by atoms with Crippen LogP contribution in [0, 0.1) is 0 Å². The summed E-state index contributed by atoms with van der Waals surface area (Å²) in [5, 5.41) is 3.47. The first kappa shape index (κ1) is 14.5. The van der Waals surface area contributed by atoms with E-state index in [-0.39, 0.29) is 10.7 Å². The van der Waals surface area contributed by atoms with Gasteiger partial charge in [0.2, 0.25) is 0 Å². The first-order valence-electron chi connectivity index (χ1n) is 5.57. The second-order valence-electron chi connectivity index (χ2n) is 3.83.